The largest absolute Gasteiger partial charge is 0.452 e. The fourth-order valence-electron chi connectivity index (χ4n) is 2.15. The van der Waals surface area contributed by atoms with Crippen molar-refractivity contribution in [3.63, 3.8) is 0 Å². The van der Waals surface area contributed by atoms with Gasteiger partial charge >= 0.3 is 5.97 Å². The molecule has 2 rings (SSSR count). The first kappa shape index (κ1) is 21.4. The SMILES string of the molecule is O=C(COC(=O)c1cc([N+](=O)[O-])ccc1NCCO)Nc1cc(Cl)ccc1Cl. The van der Waals surface area contributed by atoms with Crippen molar-refractivity contribution in [3.8, 4) is 0 Å². The molecule has 0 aliphatic rings. The van der Waals surface area contributed by atoms with Crippen LogP contribution in [0.1, 0.15) is 10.4 Å². The van der Waals surface area contributed by atoms with Crippen molar-refractivity contribution in [2.24, 2.45) is 0 Å². The van der Waals surface area contributed by atoms with Gasteiger partial charge in [-0.25, -0.2) is 4.79 Å². The summed E-state index contributed by atoms with van der Waals surface area (Å²) in [6, 6.07) is 8.01. The summed E-state index contributed by atoms with van der Waals surface area (Å²) in [4.78, 5) is 34.6. The molecule has 0 aromatic heterocycles. The van der Waals surface area contributed by atoms with Crippen molar-refractivity contribution in [2.45, 2.75) is 0 Å². The number of nitrogens with zero attached hydrogens (tertiary/aromatic N) is 1. The predicted molar refractivity (Wildman–Crippen MR) is 104 cm³/mol. The molecule has 148 valence electrons. The molecule has 9 nitrogen and oxygen atoms in total. The summed E-state index contributed by atoms with van der Waals surface area (Å²) in [6.45, 7) is -0.746. The lowest BCUT2D eigenvalue weighted by Crippen LogP contribution is -2.22. The number of esters is 1. The van der Waals surface area contributed by atoms with Gasteiger partial charge in [0, 0.05) is 29.4 Å². The first-order chi connectivity index (χ1) is 13.3. The number of anilines is 2. The number of carbonyl (C=O) groups is 2. The number of nitro benzene ring substituents is 1. The van der Waals surface area contributed by atoms with Crippen molar-refractivity contribution >= 4 is 52.1 Å². The van der Waals surface area contributed by atoms with Gasteiger partial charge in [0.25, 0.3) is 11.6 Å². The number of hydrogen-bond donors (Lipinski definition) is 3. The molecule has 28 heavy (non-hydrogen) atoms. The molecular weight excluding hydrogens is 413 g/mol. The molecule has 0 saturated carbocycles. The topological polar surface area (TPSA) is 131 Å². The first-order valence-electron chi connectivity index (χ1n) is 7.87. The zero-order chi connectivity index (χ0) is 20.7. The highest BCUT2D eigenvalue weighted by Crippen LogP contribution is 2.26. The highest BCUT2D eigenvalue weighted by Gasteiger charge is 2.19. The number of aliphatic hydroxyl groups is 1. The highest BCUT2D eigenvalue weighted by atomic mass is 35.5. The number of non-ortho nitro benzene ring substituents is 1. The van der Waals surface area contributed by atoms with Crippen molar-refractivity contribution in [2.75, 3.05) is 30.4 Å². The van der Waals surface area contributed by atoms with E-state index in [2.05, 4.69) is 10.6 Å². The average Bonchev–Trinajstić information content (AvgIpc) is 2.67. The van der Waals surface area contributed by atoms with Crippen LogP contribution in [0.2, 0.25) is 10.0 Å². The number of nitrogens with one attached hydrogen (secondary N) is 2. The third-order valence-electron chi connectivity index (χ3n) is 3.40. The lowest BCUT2D eigenvalue weighted by molar-refractivity contribution is -0.384. The molecule has 0 heterocycles. The summed E-state index contributed by atoms with van der Waals surface area (Å²) in [6.07, 6.45) is 0. The Morgan fingerprint density at radius 1 is 1.14 bits per heavy atom. The van der Waals surface area contributed by atoms with E-state index in [4.69, 9.17) is 33.0 Å². The van der Waals surface area contributed by atoms with Gasteiger partial charge in [-0.2, -0.15) is 0 Å². The van der Waals surface area contributed by atoms with E-state index in [0.29, 0.717) is 5.02 Å². The van der Waals surface area contributed by atoms with E-state index in [1.807, 2.05) is 0 Å². The van der Waals surface area contributed by atoms with Gasteiger partial charge in [-0.3, -0.25) is 14.9 Å². The summed E-state index contributed by atoms with van der Waals surface area (Å²) in [5, 5.41) is 25.6. The van der Waals surface area contributed by atoms with Crippen LogP contribution in [-0.2, 0) is 9.53 Å². The van der Waals surface area contributed by atoms with Gasteiger partial charge in [0.05, 0.1) is 27.8 Å². The Labute approximate surface area is 169 Å². The molecule has 0 bridgehead atoms. The summed E-state index contributed by atoms with van der Waals surface area (Å²) in [5.74, 6) is -1.62. The standard InChI is InChI=1S/C17H15Cl2N3O6/c18-10-1-3-13(19)15(7-10)21-16(24)9-28-17(25)12-8-11(22(26)27)2-4-14(12)20-5-6-23/h1-4,7-8,20,23H,5-6,9H2,(H,21,24). The zero-order valence-electron chi connectivity index (χ0n) is 14.3. The van der Waals surface area contributed by atoms with E-state index in [9.17, 15) is 19.7 Å². The van der Waals surface area contributed by atoms with Crippen LogP contribution >= 0.6 is 23.2 Å². The lowest BCUT2D eigenvalue weighted by Gasteiger charge is -2.11. The molecule has 0 unspecified atom stereocenters. The van der Waals surface area contributed by atoms with E-state index >= 15 is 0 Å². The number of amides is 1. The molecule has 2 aromatic rings. The summed E-state index contributed by atoms with van der Waals surface area (Å²) in [7, 11) is 0. The molecule has 0 atom stereocenters. The summed E-state index contributed by atoms with van der Waals surface area (Å²) in [5.41, 5.74) is 0.00621. The maximum atomic E-state index is 12.3. The molecule has 0 radical (unpaired) electrons. The van der Waals surface area contributed by atoms with Gasteiger partial charge < -0.3 is 20.5 Å². The van der Waals surface area contributed by atoms with Gasteiger partial charge in [0.2, 0.25) is 0 Å². The second-order valence-electron chi connectivity index (χ2n) is 5.39. The Morgan fingerprint density at radius 3 is 2.57 bits per heavy atom. The summed E-state index contributed by atoms with van der Waals surface area (Å²) >= 11 is 11.8. The van der Waals surface area contributed by atoms with E-state index in [0.717, 1.165) is 6.07 Å². The smallest absolute Gasteiger partial charge is 0.341 e. The normalized spacial score (nSPS) is 10.2. The molecule has 1 amide bonds. The Morgan fingerprint density at radius 2 is 1.89 bits per heavy atom. The van der Waals surface area contributed by atoms with E-state index in [1.165, 1.54) is 24.3 Å². The lowest BCUT2D eigenvalue weighted by atomic mass is 10.1. The molecule has 0 saturated heterocycles. The Balaban J connectivity index is 2.08. The summed E-state index contributed by atoms with van der Waals surface area (Å²) < 4.78 is 4.94. The van der Waals surface area contributed by atoms with Crippen LogP contribution in [0.4, 0.5) is 17.1 Å². The van der Waals surface area contributed by atoms with Crippen molar-refractivity contribution in [3.05, 3.63) is 62.1 Å². The van der Waals surface area contributed by atoms with E-state index in [-0.39, 0.29) is 40.8 Å². The minimum absolute atomic E-state index is 0.117. The Kier molecular flexibility index (Phi) is 7.56. The number of ether oxygens (including phenoxy) is 1. The van der Waals surface area contributed by atoms with Gasteiger partial charge in [-0.1, -0.05) is 23.2 Å². The fourth-order valence-corrected chi connectivity index (χ4v) is 2.48. The molecule has 0 spiro atoms. The Hall–Kier alpha value is -2.88. The van der Waals surface area contributed by atoms with Crippen LogP contribution in [0.3, 0.4) is 0 Å². The maximum Gasteiger partial charge on any atom is 0.341 e. The predicted octanol–water partition coefficient (Wildman–Crippen LogP) is 3.10. The average molecular weight is 428 g/mol. The number of carbonyl (C=O) groups excluding carboxylic acids is 2. The minimum Gasteiger partial charge on any atom is -0.452 e. The number of aliphatic hydroxyl groups excluding tert-OH is 1. The highest BCUT2D eigenvalue weighted by molar-refractivity contribution is 6.35. The van der Waals surface area contributed by atoms with Gasteiger partial charge in [0.15, 0.2) is 6.61 Å². The number of nitro groups is 1. The van der Waals surface area contributed by atoms with Crippen molar-refractivity contribution in [1.82, 2.24) is 0 Å². The van der Waals surface area contributed by atoms with Gasteiger partial charge in [0.1, 0.15) is 0 Å². The number of benzene rings is 2. The van der Waals surface area contributed by atoms with Crippen molar-refractivity contribution in [1.29, 1.82) is 0 Å². The second-order valence-corrected chi connectivity index (χ2v) is 6.23. The van der Waals surface area contributed by atoms with Crippen LogP contribution in [-0.4, -0.2) is 41.7 Å². The third kappa shape index (κ3) is 5.81. The third-order valence-corrected chi connectivity index (χ3v) is 3.96. The van der Waals surface area contributed by atoms with E-state index < -0.39 is 23.4 Å². The second kappa shape index (κ2) is 9.88. The first-order valence-corrected chi connectivity index (χ1v) is 8.62. The Bertz CT molecular complexity index is 906. The van der Waals surface area contributed by atoms with Crippen LogP contribution in [0.15, 0.2) is 36.4 Å². The fraction of sp³-hybridized carbons (Fsp3) is 0.176. The molecule has 0 aliphatic heterocycles. The molecule has 0 aliphatic carbocycles. The number of halogens is 2. The number of hydrogen-bond acceptors (Lipinski definition) is 7. The molecule has 2 aromatic carbocycles. The molecule has 11 heteroatoms. The van der Waals surface area contributed by atoms with Crippen LogP contribution < -0.4 is 10.6 Å². The maximum absolute atomic E-state index is 12.3. The molecule has 3 N–H and O–H groups in total. The van der Waals surface area contributed by atoms with Gasteiger partial charge in [-0.15, -0.1) is 0 Å². The van der Waals surface area contributed by atoms with E-state index in [1.54, 1.807) is 6.07 Å². The van der Waals surface area contributed by atoms with Crippen LogP contribution in [0.25, 0.3) is 0 Å². The van der Waals surface area contributed by atoms with Crippen LogP contribution in [0.5, 0.6) is 0 Å². The monoisotopic (exact) mass is 427 g/mol. The molecule has 0 fully saturated rings. The van der Waals surface area contributed by atoms with Crippen molar-refractivity contribution < 1.29 is 24.4 Å². The van der Waals surface area contributed by atoms with Gasteiger partial charge in [-0.05, 0) is 24.3 Å². The molecular formula is C17H15Cl2N3O6. The number of rotatable bonds is 8. The zero-order valence-corrected chi connectivity index (χ0v) is 15.8. The van der Waals surface area contributed by atoms with Crippen LogP contribution in [0, 0.1) is 10.1 Å². The quantitative estimate of drug-likeness (QED) is 0.335. The minimum atomic E-state index is -0.948.